The predicted molar refractivity (Wildman–Crippen MR) is 229 cm³/mol. The molecule has 6 N–H and O–H groups in total. The number of nitrogens with zero attached hydrogens (tertiary/aromatic N) is 3. The Bertz CT molecular complexity index is 2590. The number of carboxylic acid groups (broad SMARTS) is 2. The second-order valence-electron chi connectivity index (χ2n) is 14.6. The number of carboxylic acids is 2. The van der Waals surface area contributed by atoms with Crippen molar-refractivity contribution in [3.63, 3.8) is 0 Å². The summed E-state index contributed by atoms with van der Waals surface area (Å²) in [6.07, 6.45) is -2.08. The minimum atomic E-state index is -4.17. The van der Waals surface area contributed by atoms with E-state index in [0.29, 0.717) is 29.2 Å². The molecule has 70 heavy (non-hydrogen) atoms. The molecule has 2 unspecified atom stereocenters. The van der Waals surface area contributed by atoms with E-state index in [2.05, 4.69) is 15.3 Å². The number of amides is 4. The van der Waals surface area contributed by atoms with Crippen molar-refractivity contribution >= 4 is 96.3 Å². The number of thioether (sulfide) groups is 1. The van der Waals surface area contributed by atoms with Crippen LogP contribution in [0.2, 0.25) is 0 Å². The minimum absolute atomic E-state index is 0. The van der Waals surface area contributed by atoms with Crippen LogP contribution in [0.5, 0.6) is 5.75 Å². The number of benzene rings is 1. The molecule has 31 heteroatoms. The molecule has 6 rings (SSSR count). The minimum Gasteiger partial charge on any atom is -0.481 e. The molecule has 4 amide bonds. The van der Waals surface area contributed by atoms with Crippen molar-refractivity contribution in [3.8, 4) is 5.75 Å². The van der Waals surface area contributed by atoms with E-state index < -0.39 is 117 Å². The second-order valence-corrected chi connectivity index (χ2v) is 18.7. The molecule has 5 heterocycles. The Balaban J connectivity index is 0.00000533. The van der Waals surface area contributed by atoms with Gasteiger partial charge in [0.1, 0.15) is 28.9 Å². The molecule has 0 saturated carbocycles. The smallest absolute Gasteiger partial charge is 0.481 e. The van der Waals surface area contributed by atoms with Gasteiger partial charge >= 0.3 is 43.8 Å². The van der Waals surface area contributed by atoms with Gasteiger partial charge in [0.05, 0.1) is 37.4 Å². The van der Waals surface area contributed by atoms with Gasteiger partial charge in [0.15, 0.2) is 5.82 Å². The molecular weight excluding hydrogens is 1480 g/mol. The Morgan fingerprint density at radius 3 is 2.34 bits per heavy atom. The topological polar surface area (TPSA) is 366 Å². The van der Waals surface area contributed by atoms with Crippen LogP contribution in [-0.2, 0) is 74.5 Å². The van der Waals surface area contributed by atoms with Crippen LogP contribution in [0, 0.1) is 0 Å². The van der Waals surface area contributed by atoms with Crippen LogP contribution in [0.15, 0.2) is 40.0 Å². The average Bonchev–Trinajstić information content (AvgIpc) is 3.90. The first kappa shape index (κ1) is 53.7. The first-order valence-corrected chi connectivity index (χ1v) is 23.5. The SMILES string of the molecule is Nc1nc2c(c(=O)[nH]1)SC(CCc1ccc(C(=O)NC(CCC(=O)ON3C(=O)CCC3=O)C(=O)O)s1)CN2C(=O)OCc1ccc(OP2(=O)OCCCO2)c(C(=O)OCOC(=O)CCC(=O)O)c1.[Fm].[Fm]. The maximum Gasteiger partial charge on any atom is 0.530 e. The van der Waals surface area contributed by atoms with Gasteiger partial charge in [-0.1, -0.05) is 6.07 Å². The summed E-state index contributed by atoms with van der Waals surface area (Å²) in [6.45, 7) is -1.38. The number of anilines is 2. The zero-order chi connectivity index (χ0) is 49.1. The number of H-pyrrole nitrogens is 1. The summed E-state index contributed by atoms with van der Waals surface area (Å²) in [5, 5.41) is 20.7. The molecule has 2 fully saturated rings. The van der Waals surface area contributed by atoms with Crippen molar-refractivity contribution in [2.45, 2.75) is 80.6 Å². The number of phosphoric ester groups is 1. The number of nitrogens with two attached hydrogens (primary N) is 1. The van der Waals surface area contributed by atoms with Crippen molar-refractivity contribution in [2.24, 2.45) is 0 Å². The van der Waals surface area contributed by atoms with Crippen LogP contribution in [0.4, 0.5) is 16.6 Å². The molecule has 1 aromatic carbocycles. The third-order valence-electron chi connectivity index (χ3n) is 9.64. The number of phosphoric acid groups is 1. The summed E-state index contributed by atoms with van der Waals surface area (Å²) in [7, 11) is -4.17. The molecule has 2 aromatic heterocycles. The van der Waals surface area contributed by atoms with E-state index in [4.69, 9.17) is 43.5 Å². The standard InChI is InChI=1S/C39H41N6O20PS2.2Fm/c40-38-42-33-32(35(53)43-38)68-22(4-3-21-5-8-26(67-21)34(52)41-24(36(54)55)6-12-31(51)64-45-27(46)9-10-28(45)47)17-44(33)39(57)59-18-20-2-7-25(65-66(58)62-14-1-15-63-66)23(16-20)37(56)61-19-60-30(50)13-11-29(48)49;;/h2,5,7-8,16,22,24H,1,3-4,6,9-15,17-19H2,(H,41,52)(H,48,49)(H,54,55)(H3,40,42,43,53);;. The molecule has 26 nitrogen and oxygen atoms in total. The number of carbonyl (C=O) groups is 9. The number of aryl methyl sites for hydroxylation is 1. The largest absolute Gasteiger partial charge is 0.530 e. The predicted octanol–water partition coefficient (Wildman–Crippen LogP) is 2.68. The van der Waals surface area contributed by atoms with Crippen molar-refractivity contribution < 1.29 is 90.5 Å². The van der Waals surface area contributed by atoms with Gasteiger partial charge < -0.3 is 44.8 Å². The van der Waals surface area contributed by atoms with Crippen LogP contribution in [0.1, 0.15) is 81.8 Å². The van der Waals surface area contributed by atoms with Gasteiger partial charge in [-0.05, 0) is 55.5 Å². The van der Waals surface area contributed by atoms with Gasteiger partial charge in [-0.2, -0.15) is 4.98 Å². The molecule has 388 valence electrons. The van der Waals surface area contributed by atoms with Gasteiger partial charge in [-0.3, -0.25) is 47.7 Å². The Hall–Kier alpha value is -8.87. The second kappa shape index (κ2) is 23.7. The molecule has 3 aliphatic rings. The Morgan fingerprint density at radius 1 is 0.943 bits per heavy atom. The van der Waals surface area contributed by atoms with E-state index in [-0.39, 0.29) is 71.0 Å². The van der Waals surface area contributed by atoms with Crippen LogP contribution < -0.4 is 26.0 Å². The van der Waals surface area contributed by atoms with E-state index in [1.54, 1.807) is 6.07 Å². The Labute approximate surface area is 391 Å². The van der Waals surface area contributed by atoms with Crippen molar-refractivity contribution in [2.75, 3.05) is 37.2 Å². The average molecular weight is 1520 g/mol. The molecule has 0 bridgehead atoms. The Kier molecular flexibility index (Phi) is 18.2. The van der Waals surface area contributed by atoms with Crippen molar-refractivity contribution in [3.05, 3.63) is 61.6 Å². The van der Waals surface area contributed by atoms with Crippen LogP contribution >= 0.6 is 30.9 Å². The number of hydrogen-bond acceptors (Lipinski definition) is 22. The summed E-state index contributed by atoms with van der Waals surface area (Å²) in [5.74, 6) is -8.69. The number of fused-ring (bicyclic) bond motifs is 1. The van der Waals surface area contributed by atoms with Crippen LogP contribution in [-0.4, -0.2) is 117 Å². The molecule has 3 aliphatic heterocycles. The monoisotopic (exact) mass is 1520 g/mol. The number of hydrogen-bond donors (Lipinski definition) is 5. The van der Waals surface area contributed by atoms with Gasteiger partial charge in [-0.15, -0.1) is 28.2 Å². The normalized spacial score (nSPS) is 16.3. The molecule has 0 spiro atoms. The number of esters is 2. The van der Waals surface area contributed by atoms with E-state index in [1.165, 1.54) is 24.3 Å². The fraction of sp³-hybridized carbons (Fsp3) is 0.410. The van der Waals surface area contributed by atoms with Gasteiger partial charge in [0.2, 0.25) is 12.7 Å². The number of carbonyl (C=O) groups excluding carboxylic acids is 7. The number of aromatic amines is 1. The summed E-state index contributed by atoms with van der Waals surface area (Å²) < 4.78 is 44.2. The fourth-order valence-corrected chi connectivity index (χ4v) is 9.74. The van der Waals surface area contributed by atoms with Crippen molar-refractivity contribution in [1.82, 2.24) is 20.3 Å². The first-order valence-electron chi connectivity index (χ1n) is 20.3. The number of nitrogens with one attached hydrogen (secondary N) is 2. The van der Waals surface area contributed by atoms with Gasteiger partial charge in [-0.25, -0.2) is 23.7 Å². The van der Waals surface area contributed by atoms with E-state index in [0.717, 1.165) is 28.0 Å². The maximum absolute atomic E-state index is 13.8. The number of aromatic nitrogens is 2. The maximum atomic E-state index is 13.8. The number of nitrogen functional groups attached to an aromatic ring is 1. The summed E-state index contributed by atoms with van der Waals surface area (Å²) in [5.41, 5.74) is 4.99. The summed E-state index contributed by atoms with van der Waals surface area (Å²) in [4.78, 5) is 137. The number of rotatable bonds is 20. The number of hydroxylamine groups is 2. The fourth-order valence-electron chi connectivity index (χ4n) is 6.31. The molecule has 2 atom stereocenters. The van der Waals surface area contributed by atoms with Gasteiger partial charge in [0, 0.05) is 29.5 Å². The number of thiophene rings is 1. The summed E-state index contributed by atoms with van der Waals surface area (Å²) in [6, 6.07) is 5.34. The molecule has 3 aromatic rings. The number of imide groups is 1. The van der Waals surface area contributed by atoms with E-state index in [1.807, 2.05) is 0 Å². The van der Waals surface area contributed by atoms with Gasteiger partial charge in [0.25, 0.3) is 23.3 Å². The zero-order valence-electron chi connectivity index (χ0n) is 35.9. The molecule has 2 saturated heterocycles. The van der Waals surface area contributed by atoms with E-state index in [9.17, 15) is 57.6 Å². The Morgan fingerprint density at radius 2 is 1.66 bits per heavy atom. The van der Waals surface area contributed by atoms with Crippen molar-refractivity contribution in [1.29, 1.82) is 0 Å². The van der Waals surface area contributed by atoms with Crippen LogP contribution in [0.3, 0.4) is 0 Å². The number of aliphatic carboxylic acids is 2. The third kappa shape index (κ3) is 14.1. The molecular formula is C39H41Fm2N6O20PS2. The molecule has 0 radical (unpaired) electrons. The summed E-state index contributed by atoms with van der Waals surface area (Å²) >= 11 is 2.18. The van der Waals surface area contributed by atoms with E-state index >= 15 is 0 Å². The molecule has 0 aliphatic carbocycles. The van der Waals surface area contributed by atoms with Crippen LogP contribution in [0.25, 0.3) is 0 Å². The first-order chi connectivity index (χ1) is 32.4. The third-order valence-corrected chi connectivity index (χ3v) is 13.5. The number of ether oxygens (including phenoxy) is 3. The quantitative estimate of drug-likeness (QED) is 0.0470. The zero-order valence-corrected chi connectivity index (χ0v) is 43.3.